The summed E-state index contributed by atoms with van der Waals surface area (Å²) in [4.78, 5) is 6.73. The fraction of sp³-hybridized carbons (Fsp3) is 0.350. The Kier molecular flexibility index (Phi) is 7.61. The third-order valence-electron chi connectivity index (χ3n) is 3.87. The Labute approximate surface area is 155 Å². The molecule has 2 aromatic rings. The molecule has 140 valence electrons. The van der Waals surface area contributed by atoms with Crippen molar-refractivity contribution in [2.75, 3.05) is 34.4 Å². The summed E-state index contributed by atoms with van der Waals surface area (Å²) in [6, 6.07) is 9.66. The second-order valence-electron chi connectivity index (χ2n) is 5.74. The van der Waals surface area contributed by atoms with Crippen LogP contribution < -0.4 is 14.8 Å². The SMILES string of the molecule is C=CCNC(=NCCc1ccco1)N(C)Cc1ccc(OC)cc1OC. The highest BCUT2D eigenvalue weighted by molar-refractivity contribution is 5.80. The van der Waals surface area contributed by atoms with Crippen LogP contribution in [0.5, 0.6) is 11.5 Å². The van der Waals surface area contributed by atoms with Gasteiger partial charge in [-0.05, 0) is 24.3 Å². The van der Waals surface area contributed by atoms with Crippen molar-refractivity contribution in [2.24, 2.45) is 4.99 Å². The van der Waals surface area contributed by atoms with E-state index in [4.69, 9.17) is 13.9 Å². The normalized spacial score (nSPS) is 11.1. The molecule has 0 aliphatic rings. The van der Waals surface area contributed by atoms with Gasteiger partial charge in [-0.2, -0.15) is 0 Å². The van der Waals surface area contributed by atoms with Crippen molar-refractivity contribution >= 4 is 5.96 Å². The zero-order valence-electron chi connectivity index (χ0n) is 15.7. The van der Waals surface area contributed by atoms with E-state index in [1.54, 1.807) is 20.5 Å². The van der Waals surface area contributed by atoms with Crippen LogP contribution in [-0.4, -0.2) is 45.2 Å². The Balaban J connectivity index is 2.07. The molecule has 6 heteroatoms. The van der Waals surface area contributed by atoms with Crippen molar-refractivity contribution in [3.8, 4) is 11.5 Å². The molecule has 6 nitrogen and oxygen atoms in total. The van der Waals surface area contributed by atoms with Crippen molar-refractivity contribution < 1.29 is 13.9 Å². The standard InChI is InChI=1S/C20H27N3O3/c1-5-11-21-20(22-12-10-17-7-6-13-26-17)23(2)15-16-8-9-18(24-3)14-19(16)25-4/h5-9,13-14H,1,10-12,15H2,2-4H3,(H,21,22). The molecular weight excluding hydrogens is 330 g/mol. The molecule has 0 aliphatic carbocycles. The predicted molar refractivity (Wildman–Crippen MR) is 104 cm³/mol. The summed E-state index contributed by atoms with van der Waals surface area (Å²) in [6.07, 6.45) is 4.24. The summed E-state index contributed by atoms with van der Waals surface area (Å²) >= 11 is 0. The topological polar surface area (TPSA) is 59.2 Å². The Morgan fingerprint density at radius 3 is 2.81 bits per heavy atom. The molecule has 0 radical (unpaired) electrons. The van der Waals surface area contributed by atoms with E-state index in [1.165, 1.54) is 0 Å². The second-order valence-corrected chi connectivity index (χ2v) is 5.74. The quantitative estimate of drug-likeness (QED) is 0.424. The molecule has 0 atom stereocenters. The van der Waals surface area contributed by atoms with E-state index < -0.39 is 0 Å². The summed E-state index contributed by atoms with van der Waals surface area (Å²) in [5.41, 5.74) is 1.05. The van der Waals surface area contributed by atoms with E-state index >= 15 is 0 Å². The summed E-state index contributed by atoms with van der Waals surface area (Å²) in [5, 5.41) is 3.29. The average molecular weight is 357 g/mol. The number of furan rings is 1. The molecular formula is C20H27N3O3. The summed E-state index contributed by atoms with van der Waals surface area (Å²) in [7, 11) is 5.29. The molecule has 2 rings (SSSR count). The molecule has 0 unspecified atom stereocenters. The van der Waals surface area contributed by atoms with Crippen molar-refractivity contribution in [3.05, 3.63) is 60.6 Å². The van der Waals surface area contributed by atoms with Gasteiger partial charge >= 0.3 is 0 Å². The molecule has 0 fully saturated rings. The second kappa shape index (κ2) is 10.2. The van der Waals surface area contributed by atoms with Crippen molar-refractivity contribution in [1.82, 2.24) is 10.2 Å². The van der Waals surface area contributed by atoms with Gasteiger partial charge in [-0.25, -0.2) is 0 Å². The highest BCUT2D eigenvalue weighted by Gasteiger charge is 2.11. The molecule has 0 amide bonds. The maximum absolute atomic E-state index is 5.48. The highest BCUT2D eigenvalue weighted by Crippen LogP contribution is 2.25. The number of methoxy groups -OCH3 is 2. The van der Waals surface area contributed by atoms with Crippen LogP contribution in [0.4, 0.5) is 0 Å². The van der Waals surface area contributed by atoms with E-state index in [2.05, 4.69) is 21.8 Å². The first-order chi connectivity index (χ1) is 12.7. The predicted octanol–water partition coefficient (Wildman–Crippen LogP) is 3.10. The monoisotopic (exact) mass is 357 g/mol. The number of ether oxygens (including phenoxy) is 2. The number of aliphatic imine (C=N–C) groups is 1. The lowest BCUT2D eigenvalue weighted by molar-refractivity contribution is 0.382. The number of rotatable bonds is 9. The Bertz CT molecular complexity index is 711. The first kappa shape index (κ1) is 19.4. The van der Waals surface area contributed by atoms with Crippen molar-refractivity contribution in [2.45, 2.75) is 13.0 Å². The first-order valence-electron chi connectivity index (χ1n) is 8.51. The molecule has 1 aromatic carbocycles. The maximum atomic E-state index is 5.48. The third-order valence-corrected chi connectivity index (χ3v) is 3.87. The smallest absolute Gasteiger partial charge is 0.194 e. The lowest BCUT2D eigenvalue weighted by Gasteiger charge is -2.23. The fourth-order valence-electron chi connectivity index (χ4n) is 2.51. The zero-order valence-corrected chi connectivity index (χ0v) is 15.7. The minimum Gasteiger partial charge on any atom is -0.497 e. The van der Waals surface area contributed by atoms with Gasteiger partial charge in [0, 0.05) is 44.7 Å². The Morgan fingerprint density at radius 1 is 1.31 bits per heavy atom. The van der Waals surface area contributed by atoms with Crippen LogP contribution in [0.15, 0.2) is 58.7 Å². The van der Waals surface area contributed by atoms with Gasteiger partial charge in [0.05, 0.1) is 20.5 Å². The van der Waals surface area contributed by atoms with Crippen LogP contribution in [-0.2, 0) is 13.0 Å². The first-order valence-corrected chi connectivity index (χ1v) is 8.51. The van der Waals surface area contributed by atoms with E-state index in [9.17, 15) is 0 Å². The molecule has 0 aliphatic heterocycles. The van der Waals surface area contributed by atoms with Crippen LogP contribution in [0.1, 0.15) is 11.3 Å². The lowest BCUT2D eigenvalue weighted by Crippen LogP contribution is -2.38. The van der Waals surface area contributed by atoms with E-state index in [0.717, 1.165) is 35.2 Å². The number of nitrogens with zero attached hydrogens (tertiary/aromatic N) is 2. The molecule has 1 heterocycles. The number of hydrogen-bond acceptors (Lipinski definition) is 4. The van der Waals surface area contributed by atoms with Crippen LogP contribution >= 0.6 is 0 Å². The van der Waals surface area contributed by atoms with E-state index in [1.807, 2.05) is 43.5 Å². The molecule has 1 N–H and O–H groups in total. The van der Waals surface area contributed by atoms with Crippen LogP contribution in [0.2, 0.25) is 0 Å². The molecule has 26 heavy (non-hydrogen) atoms. The number of guanidine groups is 1. The molecule has 0 spiro atoms. The van der Waals surface area contributed by atoms with Gasteiger partial charge in [0.15, 0.2) is 5.96 Å². The number of benzene rings is 1. The van der Waals surface area contributed by atoms with Gasteiger partial charge in [0.25, 0.3) is 0 Å². The summed E-state index contributed by atoms with van der Waals surface area (Å²) < 4.78 is 16.1. The van der Waals surface area contributed by atoms with Gasteiger partial charge < -0.3 is 24.1 Å². The average Bonchev–Trinajstić information content (AvgIpc) is 3.18. The van der Waals surface area contributed by atoms with Crippen molar-refractivity contribution in [1.29, 1.82) is 0 Å². The Morgan fingerprint density at radius 2 is 2.15 bits per heavy atom. The molecule has 1 aromatic heterocycles. The summed E-state index contributed by atoms with van der Waals surface area (Å²) in [5.74, 6) is 3.28. The van der Waals surface area contributed by atoms with Gasteiger partial charge in [-0.15, -0.1) is 6.58 Å². The molecule has 0 saturated carbocycles. The highest BCUT2D eigenvalue weighted by atomic mass is 16.5. The fourth-order valence-corrected chi connectivity index (χ4v) is 2.51. The van der Waals surface area contributed by atoms with Gasteiger partial charge in [0.2, 0.25) is 0 Å². The zero-order chi connectivity index (χ0) is 18.8. The van der Waals surface area contributed by atoms with Crippen molar-refractivity contribution in [3.63, 3.8) is 0 Å². The van der Waals surface area contributed by atoms with Crippen LogP contribution in [0, 0.1) is 0 Å². The van der Waals surface area contributed by atoms with E-state index in [0.29, 0.717) is 19.6 Å². The number of hydrogen-bond donors (Lipinski definition) is 1. The van der Waals surface area contributed by atoms with Crippen LogP contribution in [0.3, 0.4) is 0 Å². The summed E-state index contributed by atoms with van der Waals surface area (Å²) in [6.45, 7) is 5.69. The Hall–Kier alpha value is -2.89. The minimum atomic E-state index is 0.636. The van der Waals surface area contributed by atoms with Gasteiger partial charge in [-0.1, -0.05) is 6.08 Å². The van der Waals surface area contributed by atoms with Gasteiger partial charge in [0.1, 0.15) is 17.3 Å². The molecule has 0 saturated heterocycles. The van der Waals surface area contributed by atoms with Crippen LogP contribution in [0.25, 0.3) is 0 Å². The largest absolute Gasteiger partial charge is 0.497 e. The number of nitrogens with one attached hydrogen (secondary N) is 1. The lowest BCUT2D eigenvalue weighted by atomic mass is 10.2. The third kappa shape index (κ3) is 5.58. The van der Waals surface area contributed by atoms with E-state index in [-0.39, 0.29) is 0 Å². The minimum absolute atomic E-state index is 0.636. The van der Waals surface area contributed by atoms with Gasteiger partial charge in [-0.3, -0.25) is 4.99 Å². The molecule has 0 bridgehead atoms. The maximum Gasteiger partial charge on any atom is 0.194 e.